The molecule has 1 heterocycles. The number of nitrogens with one attached hydrogen (secondary N) is 1. The summed E-state index contributed by atoms with van der Waals surface area (Å²) in [5.41, 5.74) is 2.09. The van der Waals surface area contributed by atoms with Crippen LogP contribution in [0.3, 0.4) is 0 Å². The molecule has 10 heteroatoms. The molecule has 0 aliphatic carbocycles. The molecule has 0 saturated heterocycles. The van der Waals surface area contributed by atoms with E-state index in [1.807, 2.05) is 12.3 Å². The fourth-order valence-electron chi connectivity index (χ4n) is 3.84. The lowest BCUT2D eigenvalue weighted by Crippen LogP contribution is -2.18. The summed E-state index contributed by atoms with van der Waals surface area (Å²) in [6.45, 7) is 4.72. The minimum absolute atomic E-state index is 0.0452. The molecule has 1 aromatic heterocycles. The molecule has 0 amide bonds. The van der Waals surface area contributed by atoms with E-state index in [2.05, 4.69) is 18.3 Å². The summed E-state index contributed by atoms with van der Waals surface area (Å²) in [7, 11) is -7.46. The van der Waals surface area contributed by atoms with Crippen LogP contribution in [0.4, 0.5) is 4.39 Å². The van der Waals surface area contributed by atoms with Crippen LogP contribution in [0.1, 0.15) is 29.0 Å². The largest absolute Gasteiger partial charge is 0.497 e. The standard InChI is InChI=1S/C27H26FNO5S3/c1-18-14-15-35-24(18)17-29-19(2)20-8-11-22(12-9-20)36(30,31)26-13-10-21(34-3)16-27(26)37(32,33)25-7-5-4-6-23(25)28/h4-16,19,29H,17H2,1-3H3. The lowest BCUT2D eigenvalue weighted by molar-refractivity contribution is 0.412. The monoisotopic (exact) mass is 559 g/mol. The summed E-state index contributed by atoms with van der Waals surface area (Å²) >= 11 is 1.67. The number of aryl methyl sites for hydroxylation is 1. The van der Waals surface area contributed by atoms with Crippen LogP contribution in [-0.2, 0) is 26.2 Å². The number of halogens is 1. The molecule has 0 bridgehead atoms. The van der Waals surface area contributed by atoms with Gasteiger partial charge in [0.1, 0.15) is 16.5 Å². The van der Waals surface area contributed by atoms with Gasteiger partial charge in [-0.15, -0.1) is 11.3 Å². The van der Waals surface area contributed by atoms with Gasteiger partial charge in [0.15, 0.2) is 0 Å². The molecule has 1 N–H and O–H groups in total. The van der Waals surface area contributed by atoms with Gasteiger partial charge in [-0.05, 0) is 72.8 Å². The van der Waals surface area contributed by atoms with Crippen molar-refractivity contribution in [3.05, 3.63) is 100.0 Å². The first-order chi connectivity index (χ1) is 17.6. The molecular weight excluding hydrogens is 533 g/mol. The molecule has 0 fully saturated rings. The van der Waals surface area contributed by atoms with Crippen LogP contribution in [0.2, 0.25) is 0 Å². The minimum atomic E-state index is -4.52. The van der Waals surface area contributed by atoms with Gasteiger partial charge in [-0.25, -0.2) is 21.2 Å². The third kappa shape index (κ3) is 5.47. The van der Waals surface area contributed by atoms with Gasteiger partial charge in [0.2, 0.25) is 19.7 Å². The highest BCUT2D eigenvalue weighted by Crippen LogP contribution is 2.35. The van der Waals surface area contributed by atoms with Crippen molar-refractivity contribution in [2.45, 2.75) is 46.0 Å². The second-order valence-electron chi connectivity index (χ2n) is 8.45. The number of methoxy groups -OCH3 is 1. The number of benzene rings is 3. The van der Waals surface area contributed by atoms with Gasteiger partial charge in [-0.2, -0.15) is 0 Å². The zero-order valence-corrected chi connectivity index (χ0v) is 22.9. The van der Waals surface area contributed by atoms with Gasteiger partial charge in [-0.3, -0.25) is 0 Å². The van der Waals surface area contributed by atoms with Crippen molar-refractivity contribution in [3.63, 3.8) is 0 Å². The Hall–Kier alpha value is -3.05. The predicted molar refractivity (Wildman–Crippen MR) is 141 cm³/mol. The van der Waals surface area contributed by atoms with Gasteiger partial charge >= 0.3 is 0 Å². The van der Waals surface area contributed by atoms with E-state index in [4.69, 9.17) is 4.74 Å². The molecule has 0 aliphatic heterocycles. The van der Waals surface area contributed by atoms with E-state index in [1.54, 1.807) is 23.5 Å². The summed E-state index contributed by atoms with van der Waals surface area (Å²) in [6.07, 6.45) is 0. The van der Waals surface area contributed by atoms with Crippen LogP contribution >= 0.6 is 11.3 Å². The number of hydrogen-bond acceptors (Lipinski definition) is 7. The molecule has 194 valence electrons. The maximum absolute atomic E-state index is 14.4. The number of thiophene rings is 1. The topological polar surface area (TPSA) is 89.5 Å². The van der Waals surface area contributed by atoms with Gasteiger partial charge in [0, 0.05) is 23.5 Å². The molecule has 37 heavy (non-hydrogen) atoms. The Kier molecular flexibility index (Phi) is 7.84. The zero-order valence-electron chi connectivity index (χ0n) is 20.4. The fourth-order valence-corrected chi connectivity index (χ4v) is 8.10. The number of rotatable bonds is 9. The van der Waals surface area contributed by atoms with E-state index in [1.165, 1.54) is 53.9 Å². The van der Waals surface area contributed by atoms with Crippen molar-refractivity contribution in [1.82, 2.24) is 5.32 Å². The van der Waals surface area contributed by atoms with Crippen LogP contribution in [0.5, 0.6) is 5.75 Å². The highest BCUT2D eigenvalue weighted by Gasteiger charge is 2.31. The zero-order chi connectivity index (χ0) is 26.8. The van der Waals surface area contributed by atoms with Crippen molar-refractivity contribution >= 4 is 31.0 Å². The summed E-state index contributed by atoms with van der Waals surface area (Å²) in [5, 5.41) is 5.47. The molecule has 1 unspecified atom stereocenters. The van der Waals surface area contributed by atoms with E-state index in [0.29, 0.717) is 6.54 Å². The third-order valence-corrected chi connectivity index (χ3v) is 10.9. The molecule has 4 rings (SSSR count). The normalized spacial score (nSPS) is 12.9. The van der Waals surface area contributed by atoms with Crippen LogP contribution in [0, 0.1) is 12.7 Å². The Labute approximate surface area is 220 Å². The van der Waals surface area contributed by atoms with Crippen LogP contribution in [0.25, 0.3) is 0 Å². The summed E-state index contributed by atoms with van der Waals surface area (Å²) < 4.78 is 73.6. The van der Waals surface area contributed by atoms with Crippen LogP contribution < -0.4 is 10.1 Å². The predicted octanol–water partition coefficient (Wildman–Crippen LogP) is 5.72. The first-order valence-corrected chi connectivity index (χ1v) is 15.2. The van der Waals surface area contributed by atoms with Gasteiger partial charge in [0.25, 0.3) is 0 Å². The molecule has 0 spiro atoms. The molecule has 0 aliphatic rings. The Balaban J connectivity index is 1.69. The van der Waals surface area contributed by atoms with Gasteiger partial charge in [0.05, 0.1) is 21.8 Å². The first kappa shape index (κ1) is 27.0. The van der Waals surface area contributed by atoms with E-state index in [9.17, 15) is 21.2 Å². The fraction of sp³-hybridized carbons (Fsp3) is 0.185. The van der Waals surface area contributed by atoms with Crippen molar-refractivity contribution in [3.8, 4) is 5.75 Å². The third-order valence-electron chi connectivity index (χ3n) is 6.08. The molecule has 3 aromatic carbocycles. The highest BCUT2D eigenvalue weighted by atomic mass is 32.2. The average Bonchev–Trinajstić information content (AvgIpc) is 3.31. The number of sulfone groups is 2. The van der Waals surface area contributed by atoms with Crippen LogP contribution in [-0.4, -0.2) is 23.9 Å². The van der Waals surface area contributed by atoms with Gasteiger partial charge in [-0.1, -0.05) is 24.3 Å². The Morgan fingerprint density at radius 2 is 1.59 bits per heavy atom. The first-order valence-electron chi connectivity index (χ1n) is 11.3. The Bertz CT molecular complexity index is 1630. The molecular formula is C27H26FNO5S3. The van der Waals surface area contributed by atoms with E-state index in [-0.39, 0.29) is 16.7 Å². The summed E-state index contributed by atoms with van der Waals surface area (Å²) in [6, 6.07) is 16.8. The van der Waals surface area contributed by atoms with Crippen molar-refractivity contribution in [2.24, 2.45) is 0 Å². The van der Waals surface area contributed by atoms with E-state index in [0.717, 1.165) is 23.8 Å². The lowest BCUT2D eigenvalue weighted by Gasteiger charge is -2.16. The molecule has 1 atom stereocenters. The maximum atomic E-state index is 14.4. The molecule has 6 nitrogen and oxygen atoms in total. The van der Waals surface area contributed by atoms with Crippen LogP contribution in [0.15, 0.2) is 97.8 Å². The maximum Gasteiger partial charge on any atom is 0.210 e. The van der Waals surface area contributed by atoms with Crippen molar-refractivity contribution in [2.75, 3.05) is 7.11 Å². The Morgan fingerprint density at radius 3 is 2.22 bits per heavy atom. The molecule has 0 radical (unpaired) electrons. The quantitative estimate of drug-likeness (QED) is 0.282. The second kappa shape index (κ2) is 10.7. The summed E-state index contributed by atoms with van der Waals surface area (Å²) in [5.74, 6) is -0.845. The second-order valence-corrected chi connectivity index (χ2v) is 13.3. The average molecular weight is 560 g/mol. The summed E-state index contributed by atoms with van der Waals surface area (Å²) in [4.78, 5) is -0.469. The van der Waals surface area contributed by atoms with Gasteiger partial charge < -0.3 is 10.1 Å². The SMILES string of the molecule is COc1ccc(S(=O)(=O)c2ccc(C(C)NCc3sccc3C)cc2)c(S(=O)(=O)c2ccccc2F)c1. The number of ether oxygens (including phenoxy) is 1. The molecule has 0 saturated carbocycles. The number of hydrogen-bond donors (Lipinski definition) is 1. The smallest absolute Gasteiger partial charge is 0.210 e. The van der Waals surface area contributed by atoms with E-state index < -0.39 is 40.2 Å². The van der Waals surface area contributed by atoms with Crippen molar-refractivity contribution < 1.29 is 26.0 Å². The highest BCUT2D eigenvalue weighted by molar-refractivity contribution is 7.94. The van der Waals surface area contributed by atoms with E-state index >= 15 is 0 Å². The Morgan fingerprint density at radius 1 is 0.892 bits per heavy atom. The van der Waals surface area contributed by atoms with Crippen molar-refractivity contribution in [1.29, 1.82) is 0 Å². The lowest BCUT2D eigenvalue weighted by atomic mass is 10.1. The molecule has 4 aromatic rings. The minimum Gasteiger partial charge on any atom is -0.497 e.